The standard InChI is InChI=1S/C14H18OS/c1-10(7-11(2)15)8-12-9-16-14-6-4-3-5-13(12)14/h3-6,9-11,15H,7-8H2,1-2H3. The Morgan fingerprint density at radius 1 is 1.25 bits per heavy atom. The summed E-state index contributed by atoms with van der Waals surface area (Å²) < 4.78 is 1.36. The molecule has 1 heterocycles. The Balaban J connectivity index is 2.15. The van der Waals surface area contributed by atoms with Gasteiger partial charge < -0.3 is 5.11 Å². The molecule has 1 aromatic heterocycles. The first-order chi connectivity index (χ1) is 7.66. The summed E-state index contributed by atoms with van der Waals surface area (Å²) in [7, 11) is 0. The first-order valence-electron chi connectivity index (χ1n) is 5.80. The van der Waals surface area contributed by atoms with E-state index < -0.39 is 0 Å². The molecule has 0 aliphatic carbocycles. The highest BCUT2D eigenvalue weighted by atomic mass is 32.1. The summed E-state index contributed by atoms with van der Waals surface area (Å²) in [5, 5.41) is 13.0. The fourth-order valence-corrected chi connectivity index (χ4v) is 3.21. The maximum atomic E-state index is 9.37. The summed E-state index contributed by atoms with van der Waals surface area (Å²) in [6, 6.07) is 8.54. The van der Waals surface area contributed by atoms with Crippen molar-refractivity contribution in [1.82, 2.24) is 0 Å². The van der Waals surface area contributed by atoms with Crippen LogP contribution in [-0.2, 0) is 6.42 Å². The minimum Gasteiger partial charge on any atom is -0.393 e. The second kappa shape index (κ2) is 4.98. The highest BCUT2D eigenvalue weighted by molar-refractivity contribution is 7.17. The molecule has 1 nitrogen and oxygen atoms in total. The van der Waals surface area contributed by atoms with Gasteiger partial charge in [0.25, 0.3) is 0 Å². The van der Waals surface area contributed by atoms with Crippen molar-refractivity contribution in [2.45, 2.75) is 32.8 Å². The van der Waals surface area contributed by atoms with Crippen LogP contribution < -0.4 is 0 Å². The Hall–Kier alpha value is -0.860. The molecular weight excluding hydrogens is 216 g/mol. The van der Waals surface area contributed by atoms with Crippen LogP contribution in [0.15, 0.2) is 29.6 Å². The van der Waals surface area contributed by atoms with E-state index in [9.17, 15) is 5.11 Å². The highest BCUT2D eigenvalue weighted by Crippen LogP contribution is 2.28. The molecule has 0 spiro atoms. The maximum Gasteiger partial charge on any atom is 0.0514 e. The lowest BCUT2D eigenvalue weighted by atomic mass is 9.96. The van der Waals surface area contributed by atoms with E-state index >= 15 is 0 Å². The van der Waals surface area contributed by atoms with Crippen LogP contribution in [0, 0.1) is 5.92 Å². The zero-order valence-electron chi connectivity index (χ0n) is 9.81. The molecular formula is C14H18OS. The van der Waals surface area contributed by atoms with E-state index in [1.807, 2.05) is 18.3 Å². The van der Waals surface area contributed by atoms with Gasteiger partial charge in [0.1, 0.15) is 0 Å². The van der Waals surface area contributed by atoms with Crippen LogP contribution in [-0.4, -0.2) is 11.2 Å². The lowest BCUT2D eigenvalue weighted by Gasteiger charge is -2.12. The van der Waals surface area contributed by atoms with Gasteiger partial charge in [-0.1, -0.05) is 25.1 Å². The molecule has 2 heteroatoms. The van der Waals surface area contributed by atoms with E-state index in [0.29, 0.717) is 5.92 Å². The van der Waals surface area contributed by atoms with E-state index in [2.05, 4.69) is 36.6 Å². The lowest BCUT2D eigenvalue weighted by Crippen LogP contribution is -2.09. The Labute approximate surface area is 101 Å². The van der Waals surface area contributed by atoms with Crippen molar-refractivity contribution in [2.75, 3.05) is 0 Å². The molecule has 86 valence electrons. The molecule has 0 radical (unpaired) electrons. The molecule has 0 saturated heterocycles. The van der Waals surface area contributed by atoms with E-state index in [0.717, 1.165) is 12.8 Å². The number of fused-ring (bicyclic) bond motifs is 1. The largest absolute Gasteiger partial charge is 0.393 e. The predicted molar refractivity (Wildman–Crippen MR) is 71.0 cm³/mol. The lowest BCUT2D eigenvalue weighted by molar-refractivity contribution is 0.164. The zero-order valence-corrected chi connectivity index (χ0v) is 10.6. The third-order valence-corrected chi connectivity index (χ3v) is 3.89. The van der Waals surface area contributed by atoms with Crippen molar-refractivity contribution >= 4 is 21.4 Å². The van der Waals surface area contributed by atoms with E-state index in [-0.39, 0.29) is 6.10 Å². The second-order valence-corrected chi connectivity index (χ2v) is 5.56. The van der Waals surface area contributed by atoms with Gasteiger partial charge in [-0.2, -0.15) is 0 Å². The molecule has 0 aliphatic heterocycles. The fraction of sp³-hybridized carbons (Fsp3) is 0.429. The van der Waals surface area contributed by atoms with E-state index in [1.54, 1.807) is 0 Å². The van der Waals surface area contributed by atoms with Gasteiger partial charge in [-0.3, -0.25) is 0 Å². The second-order valence-electron chi connectivity index (χ2n) is 4.65. The molecule has 2 unspecified atom stereocenters. The minimum absolute atomic E-state index is 0.195. The van der Waals surface area contributed by atoms with Gasteiger partial charge in [-0.15, -0.1) is 11.3 Å². The number of benzene rings is 1. The summed E-state index contributed by atoms with van der Waals surface area (Å²) in [6.07, 6.45) is 1.75. The molecule has 0 amide bonds. The van der Waals surface area contributed by atoms with Crippen LogP contribution in [0.5, 0.6) is 0 Å². The third-order valence-electron chi connectivity index (χ3n) is 2.87. The summed E-state index contributed by atoms with van der Waals surface area (Å²) in [6.45, 7) is 4.07. The summed E-state index contributed by atoms with van der Waals surface area (Å²) in [5.41, 5.74) is 1.42. The molecule has 0 fully saturated rings. The first kappa shape index (κ1) is 11.6. The predicted octanol–water partition coefficient (Wildman–Crippen LogP) is 3.85. The molecule has 16 heavy (non-hydrogen) atoms. The van der Waals surface area contributed by atoms with Crippen molar-refractivity contribution in [3.05, 3.63) is 35.2 Å². The zero-order chi connectivity index (χ0) is 11.5. The maximum absolute atomic E-state index is 9.37. The monoisotopic (exact) mass is 234 g/mol. The van der Waals surface area contributed by atoms with Crippen LogP contribution in [0.4, 0.5) is 0 Å². The van der Waals surface area contributed by atoms with Crippen molar-refractivity contribution in [2.24, 2.45) is 5.92 Å². The molecule has 2 rings (SSSR count). The van der Waals surface area contributed by atoms with Crippen LogP contribution >= 0.6 is 11.3 Å². The van der Waals surface area contributed by atoms with Gasteiger partial charge in [-0.05, 0) is 48.1 Å². The van der Waals surface area contributed by atoms with Gasteiger partial charge in [0.15, 0.2) is 0 Å². The quantitative estimate of drug-likeness (QED) is 0.852. The van der Waals surface area contributed by atoms with E-state index in [1.165, 1.54) is 15.6 Å². The van der Waals surface area contributed by atoms with Crippen LogP contribution in [0.1, 0.15) is 25.8 Å². The smallest absolute Gasteiger partial charge is 0.0514 e. The van der Waals surface area contributed by atoms with Gasteiger partial charge in [-0.25, -0.2) is 0 Å². The van der Waals surface area contributed by atoms with Gasteiger partial charge in [0.05, 0.1) is 6.10 Å². The molecule has 2 aromatic rings. The molecule has 0 saturated carbocycles. The SMILES string of the molecule is CC(O)CC(C)Cc1csc2ccccc12. The van der Waals surface area contributed by atoms with Crippen molar-refractivity contribution in [3.63, 3.8) is 0 Å². The minimum atomic E-state index is -0.195. The first-order valence-corrected chi connectivity index (χ1v) is 6.68. The Bertz CT molecular complexity index is 458. The van der Waals surface area contributed by atoms with Gasteiger partial charge in [0, 0.05) is 4.70 Å². The molecule has 0 bridgehead atoms. The van der Waals surface area contributed by atoms with Crippen LogP contribution in [0.25, 0.3) is 10.1 Å². The summed E-state index contributed by atoms with van der Waals surface area (Å²) in [4.78, 5) is 0. The third kappa shape index (κ3) is 2.63. The topological polar surface area (TPSA) is 20.2 Å². The number of rotatable bonds is 4. The Kier molecular flexibility index (Phi) is 3.62. The van der Waals surface area contributed by atoms with Crippen LogP contribution in [0.3, 0.4) is 0 Å². The molecule has 1 N–H and O–H groups in total. The summed E-state index contributed by atoms with van der Waals surface area (Å²) in [5.74, 6) is 0.540. The Morgan fingerprint density at radius 3 is 2.75 bits per heavy atom. The van der Waals surface area contributed by atoms with Crippen LogP contribution in [0.2, 0.25) is 0 Å². The van der Waals surface area contributed by atoms with Crippen molar-refractivity contribution in [3.8, 4) is 0 Å². The Morgan fingerprint density at radius 2 is 2.00 bits per heavy atom. The number of aliphatic hydroxyl groups is 1. The summed E-state index contributed by atoms with van der Waals surface area (Å²) >= 11 is 1.81. The highest BCUT2D eigenvalue weighted by Gasteiger charge is 2.10. The number of hydrogen-bond acceptors (Lipinski definition) is 2. The number of thiophene rings is 1. The normalized spacial score (nSPS) is 15.2. The molecule has 0 aliphatic rings. The average molecular weight is 234 g/mol. The molecule has 2 atom stereocenters. The van der Waals surface area contributed by atoms with Crippen molar-refractivity contribution < 1.29 is 5.11 Å². The van der Waals surface area contributed by atoms with Gasteiger partial charge in [0.2, 0.25) is 0 Å². The van der Waals surface area contributed by atoms with E-state index in [4.69, 9.17) is 0 Å². The average Bonchev–Trinajstić information content (AvgIpc) is 2.61. The number of hydrogen-bond donors (Lipinski definition) is 1. The fourth-order valence-electron chi connectivity index (χ4n) is 2.23. The van der Waals surface area contributed by atoms with Gasteiger partial charge >= 0.3 is 0 Å². The molecule has 1 aromatic carbocycles. The number of aliphatic hydroxyl groups excluding tert-OH is 1. The van der Waals surface area contributed by atoms with Crippen molar-refractivity contribution in [1.29, 1.82) is 0 Å².